The first kappa shape index (κ1) is 16.7. The molecular formula is C15H10ClFINO3. The van der Waals surface area contributed by atoms with Crippen LogP contribution in [-0.2, 0) is 9.53 Å². The fourth-order valence-corrected chi connectivity index (χ4v) is 2.32. The molecule has 7 heteroatoms. The van der Waals surface area contributed by atoms with Crippen molar-refractivity contribution in [2.24, 2.45) is 0 Å². The summed E-state index contributed by atoms with van der Waals surface area (Å²) < 4.78 is 18.8. The largest absolute Gasteiger partial charge is 0.452 e. The number of carbonyl (C=O) groups is 2. The highest BCUT2D eigenvalue weighted by Gasteiger charge is 2.11. The first-order chi connectivity index (χ1) is 10.5. The molecule has 0 aromatic heterocycles. The van der Waals surface area contributed by atoms with Crippen LogP contribution in [0.5, 0.6) is 0 Å². The molecule has 2 rings (SSSR count). The van der Waals surface area contributed by atoms with Crippen molar-refractivity contribution in [2.75, 3.05) is 11.9 Å². The highest BCUT2D eigenvalue weighted by Crippen LogP contribution is 2.19. The van der Waals surface area contributed by atoms with Gasteiger partial charge in [0.15, 0.2) is 6.61 Å². The van der Waals surface area contributed by atoms with Crippen LogP contribution in [0.2, 0.25) is 5.02 Å². The Morgan fingerprint density at radius 1 is 1.23 bits per heavy atom. The SMILES string of the molecule is O=C(COC(=O)c1cccc(I)c1)Nc1ccc(F)c(Cl)c1. The molecule has 4 nitrogen and oxygen atoms in total. The molecular weight excluding hydrogens is 424 g/mol. The van der Waals surface area contributed by atoms with Gasteiger partial charge in [-0.1, -0.05) is 17.7 Å². The lowest BCUT2D eigenvalue weighted by Gasteiger charge is -2.07. The first-order valence-electron chi connectivity index (χ1n) is 6.13. The Labute approximate surface area is 144 Å². The Bertz CT molecular complexity index is 724. The van der Waals surface area contributed by atoms with Crippen molar-refractivity contribution < 1.29 is 18.7 Å². The van der Waals surface area contributed by atoms with Gasteiger partial charge in [0.1, 0.15) is 5.82 Å². The number of nitrogens with one attached hydrogen (secondary N) is 1. The summed E-state index contributed by atoms with van der Waals surface area (Å²) in [5.41, 5.74) is 0.686. The molecule has 0 spiro atoms. The van der Waals surface area contributed by atoms with Gasteiger partial charge in [-0.05, 0) is 59.0 Å². The minimum absolute atomic E-state index is 0.103. The zero-order chi connectivity index (χ0) is 16.1. The van der Waals surface area contributed by atoms with Crippen molar-refractivity contribution in [1.82, 2.24) is 0 Å². The van der Waals surface area contributed by atoms with Crippen LogP contribution in [0.1, 0.15) is 10.4 Å². The maximum atomic E-state index is 13.0. The third kappa shape index (κ3) is 4.67. The average Bonchev–Trinajstić information content (AvgIpc) is 2.48. The average molecular weight is 434 g/mol. The van der Waals surface area contributed by atoms with E-state index in [2.05, 4.69) is 27.9 Å². The molecule has 0 aliphatic heterocycles. The summed E-state index contributed by atoms with van der Waals surface area (Å²) in [4.78, 5) is 23.5. The third-order valence-corrected chi connectivity index (χ3v) is 3.56. The van der Waals surface area contributed by atoms with Crippen molar-refractivity contribution in [3.8, 4) is 0 Å². The van der Waals surface area contributed by atoms with E-state index in [1.165, 1.54) is 12.1 Å². The van der Waals surface area contributed by atoms with E-state index < -0.39 is 24.3 Å². The van der Waals surface area contributed by atoms with Crippen molar-refractivity contribution in [3.63, 3.8) is 0 Å². The zero-order valence-corrected chi connectivity index (χ0v) is 14.0. The van der Waals surface area contributed by atoms with Crippen LogP contribution in [0.4, 0.5) is 10.1 Å². The van der Waals surface area contributed by atoms with E-state index in [0.717, 1.165) is 9.64 Å². The van der Waals surface area contributed by atoms with Gasteiger partial charge >= 0.3 is 5.97 Å². The Balaban J connectivity index is 1.90. The number of ether oxygens (including phenoxy) is 1. The second-order valence-corrected chi connectivity index (χ2v) is 5.92. The third-order valence-electron chi connectivity index (χ3n) is 2.60. The normalized spacial score (nSPS) is 10.1. The predicted molar refractivity (Wildman–Crippen MR) is 89.5 cm³/mol. The topological polar surface area (TPSA) is 55.4 Å². The molecule has 0 bridgehead atoms. The maximum Gasteiger partial charge on any atom is 0.338 e. The maximum absolute atomic E-state index is 13.0. The van der Waals surface area contributed by atoms with Gasteiger partial charge in [0.2, 0.25) is 0 Å². The molecule has 22 heavy (non-hydrogen) atoms. The van der Waals surface area contributed by atoms with Crippen LogP contribution in [0.15, 0.2) is 42.5 Å². The van der Waals surface area contributed by atoms with Crippen molar-refractivity contribution in [2.45, 2.75) is 0 Å². The van der Waals surface area contributed by atoms with Crippen LogP contribution in [0.25, 0.3) is 0 Å². The molecule has 0 radical (unpaired) electrons. The van der Waals surface area contributed by atoms with Gasteiger partial charge in [-0.2, -0.15) is 0 Å². The van der Waals surface area contributed by atoms with Gasteiger partial charge in [-0.3, -0.25) is 4.79 Å². The summed E-state index contributed by atoms with van der Waals surface area (Å²) in [6.07, 6.45) is 0. The Morgan fingerprint density at radius 2 is 2.00 bits per heavy atom. The van der Waals surface area contributed by atoms with Gasteiger partial charge in [-0.25, -0.2) is 9.18 Å². The van der Waals surface area contributed by atoms with E-state index in [4.69, 9.17) is 16.3 Å². The molecule has 0 fully saturated rings. The minimum Gasteiger partial charge on any atom is -0.452 e. The molecule has 0 aliphatic rings. The monoisotopic (exact) mass is 433 g/mol. The van der Waals surface area contributed by atoms with Crippen molar-refractivity contribution in [1.29, 1.82) is 0 Å². The summed E-state index contributed by atoms with van der Waals surface area (Å²) >= 11 is 7.68. The molecule has 0 heterocycles. The summed E-state index contributed by atoms with van der Waals surface area (Å²) in [6.45, 7) is -0.445. The fraction of sp³-hybridized carbons (Fsp3) is 0.0667. The van der Waals surface area contributed by atoms with Crippen molar-refractivity contribution >= 4 is 51.8 Å². The molecule has 0 atom stereocenters. The molecule has 114 valence electrons. The molecule has 0 unspecified atom stereocenters. The number of carbonyl (C=O) groups excluding carboxylic acids is 2. The van der Waals surface area contributed by atoms with Gasteiger partial charge in [0.05, 0.1) is 10.6 Å². The lowest BCUT2D eigenvalue weighted by Crippen LogP contribution is -2.21. The van der Waals surface area contributed by atoms with Gasteiger partial charge < -0.3 is 10.1 Å². The number of anilines is 1. The second kappa shape index (κ2) is 7.55. The number of hydrogen-bond donors (Lipinski definition) is 1. The summed E-state index contributed by atoms with van der Waals surface area (Å²) in [5.74, 6) is -1.71. The van der Waals surface area contributed by atoms with Gasteiger partial charge in [0, 0.05) is 9.26 Å². The summed E-state index contributed by atoms with van der Waals surface area (Å²) in [5, 5.41) is 2.36. The zero-order valence-electron chi connectivity index (χ0n) is 11.1. The van der Waals surface area contributed by atoms with E-state index >= 15 is 0 Å². The quantitative estimate of drug-likeness (QED) is 0.588. The molecule has 2 aromatic rings. The lowest BCUT2D eigenvalue weighted by atomic mass is 10.2. The smallest absolute Gasteiger partial charge is 0.338 e. The number of amides is 1. The van der Waals surface area contributed by atoms with Gasteiger partial charge in [0.25, 0.3) is 5.91 Å². The van der Waals surface area contributed by atoms with Gasteiger partial charge in [-0.15, -0.1) is 0 Å². The number of rotatable bonds is 4. The summed E-state index contributed by atoms with van der Waals surface area (Å²) in [6, 6.07) is 10.6. The predicted octanol–water partition coefficient (Wildman–Crippen LogP) is 3.88. The van der Waals surface area contributed by atoms with E-state index in [0.29, 0.717) is 11.3 Å². The number of hydrogen-bond acceptors (Lipinski definition) is 3. The van der Waals surface area contributed by atoms with Crippen LogP contribution >= 0.6 is 34.2 Å². The van der Waals surface area contributed by atoms with E-state index in [1.54, 1.807) is 18.2 Å². The van der Waals surface area contributed by atoms with Crippen LogP contribution < -0.4 is 5.32 Å². The van der Waals surface area contributed by atoms with E-state index in [1.807, 2.05) is 6.07 Å². The standard InChI is InChI=1S/C15H10ClFINO3/c16-12-7-11(4-5-13(12)17)19-14(20)8-22-15(21)9-2-1-3-10(18)6-9/h1-7H,8H2,(H,19,20). The number of halogens is 3. The van der Waals surface area contributed by atoms with Crippen LogP contribution in [-0.4, -0.2) is 18.5 Å². The molecule has 1 N–H and O–H groups in total. The Hall–Kier alpha value is -1.67. The van der Waals surface area contributed by atoms with E-state index in [9.17, 15) is 14.0 Å². The van der Waals surface area contributed by atoms with Crippen LogP contribution in [0.3, 0.4) is 0 Å². The Morgan fingerprint density at radius 3 is 2.68 bits per heavy atom. The Kier molecular flexibility index (Phi) is 5.73. The lowest BCUT2D eigenvalue weighted by molar-refractivity contribution is -0.119. The van der Waals surface area contributed by atoms with Crippen molar-refractivity contribution in [3.05, 3.63) is 62.4 Å². The molecule has 0 aliphatic carbocycles. The number of esters is 1. The fourth-order valence-electron chi connectivity index (χ4n) is 1.60. The number of benzene rings is 2. The minimum atomic E-state index is -0.592. The highest BCUT2D eigenvalue weighted by molar-refractivity contribution is 14.1. The van der Waals surface area contributed by atoms with Crippen LogP contribution in [0, 0.1) is 9.39 Å². The van der Waals surface area contributed by atoms with E-state index in [-0.39, 0.29) is 5.02 Å². The molecule has 1 amide bonds. The summed E-state index contributed by atoms with van der Waals surface area (Å²) in [7, 11) is 0. The molecule has 0 saturated heterocycles. The highest BCUT2D eigenvalue weighted by atomic mass is 127. The molecule has 2 aromatic carbocycles. The first-order valence-corrected chi connectivity index (χ1v) is 7.59. The molecule has 0 saturated carbocycles. The second-order valence-electron chi connectivity index (χ2n) is 4.26.